The molecule has 2 aliphatic rings. The molecule has 0 saturated heterocycles. The van der Waals surface area contributed by atoms with E-state index in [1.807, 2.05) is 12.1 Å². The summed E-state index contributed by atoms with van der Waals surface area (Å²) < 4.78 is 10.3. The van der Waals surface area contributed by atoms with Crippen LogP contribution in [0.25, 0.3) is 0 Å². The molecule has 2 aromatic rings. The first-order chi connectivity index (χ1) is 10.5. The number of carboxylic acids is 1. The predicted molar refractivity (Wildman–Crippen MR) is 85.5 cm³/mol. The topological polar surface area (TPSA) is 55.8 Å². The van der Waals surface area contributed by atoms with Crippen LogP contribution in [0, 0.1) is 6.92 Å². The molecule has 4 rings (SSSR count). The van der Waals surface area contributed by atoms with Gasteiger partial charge in [-0.2, -0.15) is 0 Å². The Hall–Kier alpha value is -1.91. The molecular weight excluding hydrogens is 327 g/mol. The molecule has 1 N–H and O–H groups in total. The van der Waals surface area contributed by atoms with Crippen molar-refractivity contribution >= 4 is 29.2 Å². The lowest BCUT2D eigenvalue weighted by Crippen LogP contribution is -2.07. The Balaban J connectivity index is 0.000000164. The number of hydrogen-bond donors (Lipinski definition) is 1. The van der Waals surface area contributed by atoms with Gasteiger partial charge in [0.25, 0.3) is 0 Å². The largest absolute Gasteiger partial charge is 0.495 e. The molecule has 2 aliphatic heterocycles. The summed E-state index contributed by atoms with van der Waals surface area (Å²) in [5, 5.41) is 9.57. The summed E-state index contributed by atoms with van der Waals surface area (Å²) in [5.74, 6) is 0.325. The molecule has 0 fully saturated rings. The van der Waals surface area contributed by atoms with Gasteiger partial charge in [-0.05, 0) is 24.6 Å². The molecule has 0 unspecified atom stereocenters. The summed E-state index contributed by atoms with van der Waals surface area (Å²) in [4.78, 5) is 10.4. The van der Waals surface area contributed by atoms with Gasteiger partial charge in [0.1, 0.15) is 17.4 Å². The molecule has 0 aliphatic carbocycles. The van der Waals surface area contributed by atoms with E-state index in [4.69, 9.17) is 37.8 Å². The molecule has 0 atom stereocenters. The molecule has 6 heteroatoms. The molecule has 2 bridgehead atoms. The summed E-state index contributed by atoms with van der Waals surface area (Å²) in [5.41, 5.74) is 2.07. The second-order valence-electron chi connectivity index (χ2n) is 4.60. The van der Waals surface area contributed by atoms with Crippen LogP contribution in [0.5, 0.6) is 11.5 Å². The standard InChI is InChI=1S/C8H6Cl2O2.C8H8O2/c1-11-7-4-2-5(9)8(6(7)10)12-3-4;1-6-4-2-3-5-7(6)8(9)10/h2H,3H2,1H3;2-5H,1H3,(H,9,10). The zero-order valence-corrected chi connectivity index (χ0v) is 13.5. The number of fused-ring (bicyclic) bond motifs is 3. The van der Waals surface area contributed by atoms with E-state index in [1.165, 1.54) is 0 Å². The number of carboxylic acid groups (broad SMARTS) is 1. The van der Waals surface area contributed by atoms with E-state index in [1.54, 1.807) is 32.2 Å². The highest BCUT2D eigenvalue weighted by Gasteiger charge is 2.23. The van der Waals surface area contributed by atoms with E-state index in [2.05, 4.69) is 0 Å². The van der Waals surface area contributed by atoms with Crippen LogP contribution < -0.4 is 9.47 Å². The average molecular weight is 341 g/mol. The molecule has 0 aromatic heterocycles. The molecular formula is C16H14Cl2O4. The minimum atomic E-state index is -0.863. The number of aromatic carboxylic acids is 1. The van der Waals surface area contributed by atoms with E-state index in [-0.39, 0.29) is 0 Å². The number of hydrogen-bond acceptors (Lipinski definition) is 3. The maximum absolute atomic E-state index is 10.4. The second kappa shape index (κ2) is 6.90. The van der Waals surface area contributed by atoms with Crippen molar-refractivity contribution < 1.29 is 19.4 Å². The second-order valence-corrected chi connectivity index (χ2v) is 5.39. The van der Waals surface area contributed by atoms with E-state index in [0.717, 1.165) is 11.1 Å². The van der Waals surface area contributed by atoms with Gasteiger partial charge in [-0.15, -0.1) is 0 Å². The van der Waals surface area contributed by atoms with Crippen molar-refractivity contribution in [3.8, 4) is 11.5 Å². The Morgan fingerprint density at radius 3 is 2.45 bits per heavy atom. The van der Waals surface area contributed by atoms with Crippen molar-refractivity contribution in [2.75, 3.05) is 7.11 Å². The van der Waals surface area contributed by atoms with Gasteiger partial charge >= 0.3 is 5.97 Å². The Labute approximate surface area is 138 Å². The molecule has 22 heavy (non-hydrogen) atoms. The fourth-order valence-corrected chi connectivity index (χ4v) is 2.74. The van der Waals surface area contributed by atoms with Crippen LogP contribution in [0.2, 0.25) is 10.0 Å². The average Bonchev–Trinajstić information content (AvgIpc) is 2.48. The Bertz CT molecular complexity index is 714. The molecule has 4 nitrogen and oxygen atoms in total. The van der Waals surface area contributed by atoms with Crippen LogP contribution in [-0.4, -0.2) is 18.2 Å². The van der Waals surface area contributed by atoms with Crippen molar-refractivity contribution in [3.05, 3.63) is 57.1 Å². The first kappa shape index (κ1) is 16.5. The van der Waals surface area contributed by atoms with Gasteiger partial charge in [-0.25, -0.2) is 4.79 Å². The van der Waals surface area contributed by atoms with Crippen LogP contribution in [0.4, 0.5) is 0 Å². The fourth-order valence-electron chi connectivity index (χ4n) is 2.06. The van der Waals surface area contributed by atoms with Crippen molar-refractivity contribution in [1.82, 2.24) is 0 Å². The maximum Gasteiger partial charge on any atom is 0.335 e. The van der Waals surface area contributed by atoms with Crippen molar-refractivity contribution in [1.29, 1.82) is 0 Å². The van der Waals surface area contributed by atoms with Crippen LogP contribution in [0.15, 0.2) is 30.3 Å². The molecule has 0 radical (unpaired) electrons. The number of halogens is 2. The van der Waals surface area contributed by atoms with E-state index in [0.29, 0.717) is 33.7 Å². The smallest absolute Gasteiger partial charge is 0.335 e. The van der Waals surface area contributed by atoms with Gasteiger partial charge in [0.15, 0.2) is 5.75 Å². The Morgan fingerprint density at radius 2 is 2.00 bits per heavy atom. The van der Waals surface area contributed by atoms with Crippen LogP contribution >= 0.6 is 23.2 Å². The molecule has 116 valence electrons. The fraction of sp³-hybridized carbons (Fsp3) is 0.188. The van der Waals surface area contributed by atoms with Gasteiger partial charge in [0, 0.05) is 5.56 Å². The third-order valence-corrected chi connectivity index (χ3v) is 3.78. The lowest BCUT2D eigenvalue weighted by molar-refractivity contribution is 0.0696. The number of benzene rings is 2. The van der Waals surface area contributed by atoms with Gasteiger partial charge < -0.3 is 14.6 Å². The van der Waals surface area contributed by atoms with Gasteiger partial charge in [-0.3, -0.25) is 0 Å². The number of ether oxygens (including phenoxy) is 2. The third kappa shape index (κ3) is 3.29. The SMILES string of the molecule is COc1c2cc(Cl)c(c1Cl)OC2.Cc1ccccc1C(=O)O. The highest BCUT2D eigenvalue weighted by molar-refractivity contribution is 6.38. The number of carbonyl (C=O) groups is 1. The maximum atomic E-state index is 10.4. The molecule has 0 saturated carbocycles. The van der Waals surface area contributed by atoms with Crippen molar-refractivity contribution in [2.24, 2.45) is 0 Å². The zero-order valence-electron chi connectivity index (χ0n) is 12.0. The van der Waals surface area contributed by atoms with Gasteiger partial charge in [-0.1, -0.05) is 41.4 Å². The van der Waals surface area contributed by atoms with E-state index >= 15 is 0 Å². The zero-order chi connectivity index (χ0) is 16.3. The number of aryl methyl sites for hydroxylation is 1. The molecule has 2 aromatic carbocycles. The van der Waals surface area contributed by atoms with Crippen LogP contribution in [0.3, 0.4) is 0 Å². The molecule has 0 spiro atoms. The van der Waals surface area contributed by atoms with Crippen LogP contribution in [0.1, 0.15) is 21.5 Å². The van der Waals surface area contributed by atoms with E-state index in [9.17, 15) is 4.79 Å². The predicted octanol–water partition coefficient (Wildman–Crippen LogP) is 4.59. The summed E-state index contributed by atoms with van der Waals surface area (Å²) in [6.07, 6.45) is 0. The van der Waals surface area contributed by atoms with Crippen molar-refractivity contribution in [2.45, 2.75) is 13.5 Å². The molecule has 2 heterocycles. The highest BCUT2D eigenvalue weighted by Crippen LogP contribution is 2.46. The summed E-state index contributed by atoms with van der Waals surface area (Å²) >= 11 is 11.8. The van der Waals surface area contributed by atoms with Gasteiger partial charge in [0.2, 0.25) is 0 Å². The number of rotatable bonds is 2. The summed E-state index contributed by atoms with van der Waals surface area (Å²) in [6, 6.07) is 8.73. The van der Waals surface area contributed by atoms with Crippen molar-refractivity contribution in [3.63, 3.8) is 0 Å². The number of methoxy groups -OCH3 is 1. The lowest BCUT2D eigenvalue weighted by atomic mass is 10.1. The van der Waals surface area contributed by atoms with E-state index < -0.39 is 5.97 Å². The van der Waals surface area contributed by atoms with Gasteiger partial charge in [0.05, 0.1) is 17.7 Å². The third-order valence-electron chi connectivity index (χ3n) is 3.16. The Morgan fingerprint density at radius 1 is 1.32 bits per heavy atom. The minimum absolute atomic E-state index is 0.377. The summed E-state index contributed by atoms with van der Waals surface area (Å²) in [7, 11) is 1.58. The summed E-state index contributed by atoms with van der Waals surface area (Å²) in [6.45, 7) is 2.27. The minimum Gasteiger partial charge on any atom is -0.495 e. The molecule has 0 amide bonds. The lowest BCUT2D eigenvalue weighted by Gasteiger charge is -2.21. The first-order valence-electron chi connectivity index (χ1n) is 6.42. The first-order valence-corrected chi connectivity index (χ1v) is 7.18. The quantitative estimate of drug-likeness (QED) is 0.868. The Kier molecular flexibility index (Phi) is 5.16. The monoisotopic (exact) mass is 340 g/mol. The normalized spacial score (nSPS) is 11.3. The van der Waals surface area contributed by atoms with Crippen LogP contribution in [-0.2, 0) is 6.61 Å². The highest BCUT2D eigenvalue weighted by atomic mass is 35.5.